The van der Waals surface area contributed by atoms with Crippen molar-refractivity contribution in [3.63, 3.8) is 0 Å². The molecule has 2 aliphatic rings. The van der Waals surface area contributed by atoms with E-state index in [0.717, 1.165) is 50.3 Å². The van der Waals surface area contributed by atoms with Gasteiger partial charge in [0.05, 0.1) is 11.7 Å². The lowest BCUT2D eigenvalue weighted by molar-refractivity contribution is -0.230. The molecule has 1 aromatic carbocycles. The zero-order valence-electron chi connectivity index (χ0n) is 17.2. The number of aromatic nitrogens is 1. The van der Waals surface area contributed by atoms with Crippen LogP contribution in [-0.2, 0) is 17.7 Å². The molecule has 4 nitrogen and oxygen atoms in total. The average Bonchev–Trinajstić information content (AvgIpc) is 3.10. The van der Waals surface area contributed by atoms with Gasteiger partial charge >= 0.3 is 0 Å². The lowest BCUT2D eigenvalue weighted by atomic mass is 9.70. The summed E-state index contributed by atoms with van der Waals surface area (Å²) in [6.45, 7) is 7.46. The fourth-order valence-corrected chi connectivity index (χ4v) is 4.92. The minimum absolute atomic E-state index is 0.00271. The molecule has 1 aromatic heterocycles. The van der Waals surface area contributed by atoms with Crippen molar-refractivity contribution in [2.45, 2.75) is 57.8 Å². The fourth-order valence-electron chi connectivity index (χ4n) is 4.79. The summed E-state index contributed by atoms with van der Waals surface area (Å²) in [6, 6.07) is 14.1. The zero-order valence-corrected chi connectivity index (χ0v) is 18.0. The van der Waals surface area contributed by atoms with Crippen molar-refractivity contribution in [2.75, 3.05) is 13.1 Å². The van der Waals surface area contributed by atoms with Crippen molar-refractivity contribution in [1.29, 1.82) is 5.26 Å². The van der Waals surface area contributed by atoms with Gasteiger partial charge in [-0.25, -0.2) is 4.98 Å². The number of ether oxygens (including phenoxy) is 1. The molecular weight excluding hydrogens is 382 g/mol. The van der Waals surface area contributed by atoms with Gasteiger partial charge in [-0.3, -0.25) is 4.90 Å². The zero-order chi connectivity index (χ0) is 20.5. The molecule has 0 radical (unpaired) electrons. The molecule has 0 unspecified atom stereocenters. The average molecular weight is 410 g/mol. The van der Waals surface area contributed by atoms with Gasteiger partial charge in [0, 0.05) is 36.1 Å². The maximum absolute atomic E-state index is 8.96. The summed E-state index contributed by atoms with van der Waals surface area (Å²) < 4.78 is 6.35. The third kappa shape index (κ3) is 4.64. The Morgan fingerprint density at radius 3 is 2.55 bits per heavy atom. The minimum atomic E-state index is -0.00271. The van der Waals surface area contributed by atoms with Crippen LogP contribution in [0.25, 0.3) is 0 Å². The van der Waals surface area contributed by atoms with Gasteiger partial charge in [0.2, 0.25) is 0 Å². The van der Waals surface area contributed by atoms with Crippen LogP contribution in [0.4, 0.5) is 0 Å². The highest BCUT2D eigenvalue weighted by Crippen LogP contribution is 2.49. The molecule has 3 heterocycles. The highest BCUT2D eigenvalue weighted by Gasteiger charge is 2.52. The fraction of sp³-hybridized carbons (Fsp3) is 0.500. The van der Waals surface area contributed by atoms with Crippen LogP contribution in [0.2, 0.25) is 5.02 Å². The Morgan fingerprint density at radius 1 is 1.21 bits per heavy atom. The van der Waals surface area contributed by atoms with Gasteiger partial charge in [-0.15, -0.1) is 0 Å². The molecule has 2 atom stereocenters. The van der Waals surface area contributed by atoms with Gasteiger partial charge in [0.25, 0.3) is 0 Å². The SMILES string of the molecule is CC1(C)C[C@H]([C@]2(CCc3ccc(C#N)nc3)CCN(Cc3ccc(Cl)cc3)C2)O1. The van der Waals surface area contributed by atoms with E-state index in [1.54, 1.807) is 0 Å². The molecule has 0 spiro atoms. The molecule has 2 fully saturated rings. The lowest BCUT2D eigenvalue weighted by Crippen LogP contribution is -2.55. The Balaban J connectivity index is 1.45. The normalized spacial score (nSPS) is 26.1. The minimum Gasteiger partial charge on any atom is -0.372 e. The highest BCUT2D eigenvalue weighted by atomic mass is 35.5. The summed E-state index contributed by atoms with van der Waals surface area (Å²) in [5, 5.41) is 9.74. The molecule has 0 amide bonds. The molecule has 5 heteroatoms. The maximum Gasteiger partial charge on any atom is 0.140 e. The second-order valence-corrected chi connectivity index (χ2v) is 9.62. The molecule has 29 heavy (non-hydrogen) atoms. The highest BCUT2D eigenvalue weighted by molar-refractivity contribution is 6.30. The van der Waals surface area contributed by atoms with E-state index in [4.69, 9.17) is 21.6 Å². The van der Waals surface area contributed by atoms with E-state index in [9.17, 15) is 0 Å². The van der Waals surface area contributed by atoms with E-state index in [2.05, 4.69) is 41.9 Å². The van der Waals surface area contributed by atoms with E-state index in [0.29, 0.717) is 11.8 Å². The monoisotopic (exact) mass is 409 g/mol. The van der Waals surface area contributed by atoms with Crippen molar-refractivity contribution in [3.8, 4) is 6.07 Å². The van der Waals surface area contributed by atoms with E-state index >= 15 is 0 Å². The Bertz CT molecular complexity index is 880. The Morgan fingerprint density at radius 2 is 1.93 bits per heavy atom. The molecule has 0 saturated carbocycles. The quantitative estimate of drug-likeness (QED) is 0.673. The van der Waals surface area contributed by atoms with Gasteiger partial charge in [-0.05, 0) is 69.0 Å². The first kappa shape index (κ1) is 20.3. The number of hydrogen-bond donors (Lipinski definition) is 0. The Labute approximate surface area is 178 Å². The summed E-state index contributed by atoms with van der Waals surface area (Å²) in [6.07, 6.45) is 6.49. The van der Waals surface area contributed by atoms with Crippen molar-refractivity contribution in [3.05, 3.63) is 64.4 Å². The van der Waals surface area contributed by atoms with Crippen LogP contribution >= 0.6 is 11.6 Å². The van der Waals surface area contributed by atoms with Crippen LogP contribution in [0.3, 0.4) is 0 Å². The van der Waals surface area contributed by atoms with E-state index in [1.165, 1.54) is 11.1 Å². The second kappa shape index (κ2) is 8.07. The molecule has 0 N–H and O–H groups in total. The van der Waals surface area contributed by atoms with E-state index in [-0.39, 0.29) is 11.0 Å². The second-order valence-electron chi connectivity index (χ2n) is 9.18. The van der Waals surface area contributed by atoms with Crippen molar-refractivity contribution in [2.24, 2.45) is 5.41 Å². The van der Waals surface area contributed by atoms with Crippen molar-refractivity contribution in [1.82, 2.24) is 9.88 Å². The topological polar surface area (TPSA) is 49.2 Å². The predicted molar refractivity (Wildman–Crippen MR) is 115 cm³/mol. The largest absolute Gasteiger partial charge is 0.372 e. The van der Waals surface area contributed by atoms with Gasteiger partial charge in [-0.2, -0.15) is 5.26 Å². The van der Waals surface area contributed by atoms with E-state index < -0.39 is 0 Å². The maximum atomic E-state index is 8.96. The Hall–Kier alpha value is -1.93. The molecule has 4 rings (SSSR count). The summed E-state index contributed by atoms with van der Waals surface area (Å²) in [5.41, 5.74) is 3.14. The molecule has 0 bridgehead atoms. The molecule has 2 aromatic rings. The number of pyridine rings is 1. The number of nitriles is 1. The number of benzene rings is 1. The van der Waals surface area contributed by atoms with Crippen LogP contribution in [-0.4, -0.2) is 34.7 Å². The van der Waals surface area contributed by atoms with Gasteiger partial charge in [0.1, 0.15) is 11.8 Å². The standard InChI is InChI=1S/C24H28ClN3O/c1-23(2)13-22(29-23)24(10-9-18-5-8-21(14-26)27-15-18)11-12-28(17-24)16-19-3-6-20(25)7-4-19/h3-8,15,22H,9-13,16-17H2,1-2H3/t22-,24-/m1/s1. The summed E-state index contributed by atoms with van der Waals surface area (Å²) >= 11 is 6.03. The van der Waals surface area contributed by atoms with Gasteiger partial charge in [-0.1, -0.05) is 29.8 Å². The first-order chi connectivity index (χ1) is 13.9. The van der Waals surface area contributed by atoms with Crippen LogP contribution in [0.5, 0.6) is 0 Å². The number of nitrogens with zero attached hydrogens (tertiary/aromatic N) is 3. The summed E-state index contributed by atoms with van der Waals surface area (Å²) in [7, 11) is 0. The first-order valence-electron chi connectivity index (χ1n) is 10.4. The number of hydrogen-bond acceptors (Lipinski definition) is 4. The number of aryl methyl sites for hydroxylation is 1. The molecule has 152 valence electrons. The van der Waals surface area contributed by atoms with Crippen LogP contribution in [0, 0.1) is 16.7 Å². The number of halogens is 1. The summed E-state index contributed by atoms with van der Waals surface area (Å²) in [4.78, 5) is 6.78. The van der Waals surface area contributed by atoms with Gasteiger partial charge < -0.3 is 4.74 Å². The molecular formula is C24H28ClN3O. The lowest BCUT2D eigenvalue weighted by Gasteiger charge is -2.52. The molecule has 2 saturated heterocycles. The smallest absolute Gasteiger partial charge is 0.140 e. The van der Waals surface area contributed by atoms with Crippen molar-refractivity contribution < 1.29 is 4.74 Å². The Kier molecular flexibility index (Phi) is 5.66. The van der Waals surface area contributed by atoms with Crippen LogP contribution in [0.15, 0.2) is 42.6 Å². The van der Waals surface area contributed by atoms with Gasteiger partial charge in [0.15, 0.2) is 0 Å². The number of rotatable bonds is 6. The molecule has 2 aliphatic heterocycles. The predicted octanol–water partition coefficient (Wildman–Crippen LogP) is 5.00. The molecule has 0 aliphatic carbocycles. The van der Waals surface area contributed by atoms with Crippen molar-refractivity contribution >= 4 is 11.6 Å². The third-order valence-corrected chi connectivity index (χ3v) is 6.71. The first-order valence-corrected chi connectivity index (χ1v) is 10.7. The summed E-state index contributed by atoms with van der Waals surface area (Å²) in [5.74, 6) is 0. The van der Waals surface area contributed by atoms with Crippen LogP contribution < -0.4 is 0 Å². The van der Waals surface area contributed by atoms with Crippen LogP contribution in [0.1, 0.15) is 49.9 Å². The third-order valence-electron chi connectivity index (χ3n) is 6.46. The number of likely N-dealkylation sites (tertiary alicyclic amines) is 1. The van der Waals surface area contributed by atoms with E-state index in [1.807, 2.05) is 30.5 Å².